The van der Waals surface area contributed by atoms with Gasteiger partial charge in [-0.1, -0.05) is 0 Å². The molecular weight excluding hydrogens is 306 g/mol. The van der Waals surface area contributed by atoms with Gasteiger partial charge in [0.15, 0.2) is 0 Å². The summed E-state index contributed by atoms with van der Waals surface area (Å²) in [5.41, 5.74) is 1.21. The van der Waals surface area contributed by atoms with Gasteiger partial charge in [0.05, 0.1) is 0 Å². The van der Waals surface area contributed by atoms with Crippen molar-refractivity contribution in [2.75, 3.05) is 12.3 Å². The van der Waals surface area contributed by atoms with Crippen LogP contribution in [0.1, 0.15) is 23.3 Å². The number of aromatic nitrogens is 2. The number of fused-ring (bicyclic) bond motifs is 1. The molecule has 2 aromatic rings. The van der Waals surface area contributed by atoms with Crippen LogP contribution in [0.5, 0.6) is 0 Å². The maximum Gasteiger partial charge on any atom is 0.229 e. The molecule has 21 heavy (non-hydrogen) atoms. The minimum Gasteiger partial charge on any atom is -0.282 e. The van der Waals surface area contributed by atoms with Gasteiger partial charge in [-0.3, -0.25) is 14.5 Å². The molecule has 1 aliphatic heterocycles. The highest BCUT2D eigenvalue weighted by Crippen LogP contribution is 2.34. The number of thiophene rings is 1. The number of imide groups is 1. The van der Waals surface area contributed by atoms with E-state index in [1.807, 2.05) is 0 Å². The Morgan fingerprint density at radius 1 is 1.24 bits per heavy atom. The van der Waals surface area contributed by atoms with Crippen molar-refractivity contribution in [2.45, 2.75) is 31.7 Å². The molecule has 0 spiro atoms. The zero-order valence-electron chi connectivity index (χ0n) is 11.9. The van der Waals surface area contributed by atoms with Crippen molar-refractivity contribution >= 4 is 45.1 Å². The Labute approximate surface area is 130 Å². The monoisotopic (exact) mass is 321 g/mol. The van der Waals surface area contributed by atoms with Gasteiger partial charge < -0.3 is 0 Å². The van der Waals surface area contributed by atoms with Crippen LogP contribution in [0, 0.1) is 13.8 Å². The Balaban J connectivity index is 1.74. The van der Waals surface area contributed by atoms with Crippen molar-refractivity contribution in [1.29, 1.82) is 0 Å². The Morgan fingerprint density at radius 3 is 2.67 bits per heavy atom. The van der Waals surface area contributed by atoms with Crippen LogP contribution in [-0.4, -0.2) is 39.0 Å². The van der Waals surface area contributed by atoms with Crippen molar-refractivity contribution in [1.82, 2.24) is 14.9 Å². The van der Waals surface area contributed by atoms with Gasteiger partial charge in [0.2, 0.25) is 11.8 Å². The molecule has 7 heteroatoms. The summed E-state index contributed by atoms with van der Waals surface area (Å²) in [7, 11) is 0. The van der Waals surface area contributed by atoms with E-state index in [4.69, 9.17) is 0 Å². The third kappa shape index (κ3) is 2.67. The highest BCUT2D eigenvalue weighted by Gasteiger charge is 2.28. The fourth-order valence-corrected chi connectivity index (χ4v) is 4.41. The van der Waals surface area contributed by atoms with E-state index in [1.165, 1.54) is 15.3 Å². The normalized spacial score (nSPS) is 15.4. The van der Waals surface area contributed by atoms with Crippen molar-refractivity contribution in [2.24, 2.45) is 0 Å². The summed E-state index contributed by atoms with van der Waals surface area (Å²) in [6, 6.07) is 0. The Morgan fingerprint density at radius 2 is 1.95 bits per heavy atom. The van der Waals surface area contributed by atoms with Gasteiger partial charge in [0.25, 0.3) is 0 Å². The van der Waals surface area contributed by atoms with E-state index in [1.54, 1.807) is 29.4 Å². The Hall–Kier alpha value is -1.47. The van der Waals surface area contributed by atoms with Gasteiger partial charge >= 0.3 is 0 Å². The molecule has 0 N–H and O–H groups in total. The molecule has 0 unspecified atom stereocenters. The first kappa shape index (κ1) is 14.5. The number of rotatable bonds is 4. The van der Waals surface area contributed by atoms with E-state index in [0.717, 1.165) is 15.2 Å². The van der Waals surface area contributed by atoms with Crippen molar-refractivity contribution < 1.29 is 9.59 Å². The predicted octanol–water partition coefficient (Wildman–Crippen LogP) is 2.55. The zero-order chi connectivity index (χ0) is 15.0. The van der Waals surface area contributed by atoms with Crippen LogP contribution in [0.3, 0.4) is 0 Å². The van der Waals surface area contributed by atoms with Crippen molar-refractivity contribution in [3.8, 4) is 0 Å². The summed E-state index contributed by atoms with van der Waals surface area (Å²) < 4.78 is 0. The average molecular weight is 321 g/mol. The molecule has 0 atom stereocenters. The van der Waals surface area contributed by atoms with Crippen LogP contribution in [0.4, 0.5) is 0 Å². The lowest BCUT2D eigenvalue weighted by molar-refractivity contribution is -0.137. The molecule has 3 heterocycles. The van der Waals surface area contributed by atoms with Gasteiger partial charge in [-0.15, -0.1) is 23.1 Å². The number of hydrogen-bond acceptors (Lipinski definition) is 6. The van der Waals surface area contributed by atoms with Crippen LogP contribution >= 0.6 is 23.1 Å². The van der Waals surface area contributed by atoms with E-state index in [0.29, 0.717) is 25.1 Å². The SMILES string of the molecule is Cc1sc2ncnc(SCCN3C(=O)CCC3=O)c2c1C. The van der Waals surface area contributed by atoms with E-state index in [9.17, 15) is 9.59 Å². The van der Waals surface area contributed by atoms with Gasteiger partial charge in [0, 0.05) is 35.4 Å². The Kier molecular flexibility index (Phi) is 3.95. The molecule has 2 amide bonds. The number of likely N-dealkylation sites (tertiary alicyclic amines) is 1. The maximum absolute atomic E-state index is 11.6. The predicted molar refractivity (Wildman–Crippen MR) is 83.6 cm³/mol. The van der Waals surface area contributed by atoms with Crippen LogP contribution < -0.4 is 0 Å². The second-order valence-electron chi connectivity index (χ2n) is 4.93. The quantitative estimate of drug-likeness (QED) is 0.492. The molecule has 0 radical (unpaired) electrons. The van der Waals surface area contributed by atoms with Gasteiger partial charge in [-0.2, -0.15) is 0 Å². The number of nitrogens with zero attached hydrogens (tertiary/aromatic N) is 3. The lowest BCUT2D eigenvalue weighted by Gasteiger charge is -2.13. The summed E-state index contributed by atoms with van der Waals surface area (Å²) in [4.78, 5) is 35.4. The molecule has 1 saturated heterocycles. The molecule has 0 aliphatic carbocycles. The van der Waals surface area contributed by atoms with Crippen LogP contribution in [0.25, 0.3) is 10.2 Å². The largest absolute Gasteiger partial charge is 0.282 e. The number of carbonyl (C=O) groups excluding carboxylic acids is 2. The highest BCUT2D eigenvalue weighted by molar-refractivity contribution is 7.99. The van der Waals surface area contributed by atoms with Crippen LogP contribution in [0.2, 0.25) is 0 Å². The molecule has 0 bridgehead atoms. The van der Waals surface area contributed by atoms with E-state index in [2.05, 4.69) is 23.8 Å². The number of amides is 2. The van der Waals surface area contributed by atoms with E-state index in [-0.39, 0.29) is 11.8 Å². The lowest BCUT2D eigenvalue weighted by atomic mass is 10.2. The second kappa shape index (κ2) is 5.73. The second-order valence-corrected chi connectivity index (χ2v) is 7.22. The number of aryl methyl sites for hydroxylation is 2. The van der Waals surface area contributed by atoms with Crippen LogP contribution in [0.15, 0.2) is 11.4 Å². The topological polar surface area (TPSA) is 63.2 Å². The first-order valence-corrected chi connectivity index (χ1v) is 8.55. The molecule has 1 fully saturated rings. The molecule has 110 valence electrons. The fraction of sp³-hybridized carbons (Fsp3) is 0.429. The summed E-state index contributed by atoms with van der Waals surface area (Å²) in [6.07, 6.45) is 2.28. The van der Waals surface area contributed by atoms with Gasteiger partial charge in [0.1, 0.15) is 16.2 Å². The number of carbonyl (C=O) groups is 2. The molecular formula is C14H15N3O2S2. The molecule has 5 nitrogen and oxygen atoms in total. The summed E-state index contributed by atoms with van der Waals surface area (Å²) in [5.74, 6) is 0.546. The Bertz CT molecular complexity index is 710. The minimum atomic E-state index is -0.0593. The van der Waals surface area contributed by atoms with E-state index >= 15 is 0 Å². The van der Waals surface area contributed by atoms with Crippen molar-refractivity contribution in [3.63, 3.8) is 0 Å². The highest BCUT2D eigenvalue weighted by atomic mass is 32.2. The standard InChI is InChI=1S/C14H15N3O2S2/c1-8-9(2)21-14-12(8)13(15-7-16-14)20-6-5-17-10(18)3-4-11(17)19/h7H,3-6H2,1-2H3. The average Bonchev–Trinajstić information content (AvgIpc) is 2.93. The zero-order valence-corrected chi connectivity index (χ0v) is 13.5. The fourth-order valence-electron chi connectivity index (χ4n) is 2.37. The number of thioether (sulfide) groups is 1. The smallest absolute Gasteiger partial charge is 0.229 e. The lowest BCUT2D eigenvalue weighted by Crippen LogP contribution is -2.31. The summed E-state index contributed by atoms with van der Waals surface area (Å²) >= 11 is 3.25. The van der Waals surface area contributed by atoms with Crippen molar-refractivity contribution in [3.05, 3.63) is 16.8 Å². The molecule has 1 aliphatic rings. The van der Waals surface area contributed by atoms with Gasteiger partial charge in [-0.05, 0) is 19.4 Å². The maximum atomic E-state index is 11.6. The third-order valence-electron chi connectivity index (χ3n) is 3.64. The van der Waals surface area contributed by atoms with E-state index < -0.39 is 0 Å². The molecule has 2 aromatic heterocycles. The van der Waals surface area contributed by atoms with Gasteiger partial charge in [-0.25, -0.2) is 9.97 Å². The van der Waals surface area contributed by atoms with Crippen LogP contribution in [-0.2, 0) is 9.59 Å². The molecule has 3 rings (SSSR count). The number of hydrogen-bond donors (Lipinski definition) is 0. The third-order valence-corrected chi connectivity index (χ3v) is 5.72. The summed E-state index contributed by atoms with van der Waals surface area (Å²) in [6.45, 7) is 4.61. The first-order valence-electron chi connectivity index (χ1n) is 6.74. The molecule has 0 aromatic carbocycles. The minimum absolute atomic E-state index is 0.0593. The summed E-state index contributed by atoms with van der Waals surface area (Å²) in [5, 5.41) is 2.03. The first-order chi connectivity index (χ1) is 10.1. The molecule has 0 saturated carbocycles.